The molecule has 2 fully saturated rings. The van der Waals surface area contributed by atoms with Crippen LogP contribution in [-0.2, 0) is 25.5 Å². The third-order valence-corrected chi connectivity index (χ3v) is 8.61. The molecule has 0 unspecified atom stereocenters. The van der Waals surface area contributed by atoms with Crippen molar-refractivity contribution in [3.8, 4) is 5.75 Å². The minimum Gasteiger partial charge on any atom is -0.480 e. The van der Waals surface area contributed by atoms with E-state index < -0.39 is 18.5 Å². The highest BCUT2D eigenvalue weighted by atomic mass is 35.5. The summed E-state index contributed by atoms with van der Waals surface area (Å²) in [5.74, 6) is -1.27. The van der Waals surface area contributed by atoms with Gasteiger partial charge in [-0.2, -0.15) is 4.99 Å². The van der Waals surface area contributed by atoms with Crippen LogP contribution in [0, 0.1) is 0 Å². The molecule has 6 N–H and O–H groups in total. The molecular weight excluding hydrogens is 665 g/mol. The Morgan fingerprint density at radius 3 is 2.42 bits per heavy atom. The van der Waals surface area contributed by atoms with E-state index in [4.69, 9.17) is 44.1 Å². The minimum absolute atomic E-state index is 0.0133. The molecule has 3 heterocycles. The smallest absolute Gasteiger partial charge is 0.344 e. The summed E-state index contributed by atoms with van der Waals surface area (Å²) in [6.45, 7) is 6.06. The Hall–Kier alpha value is -4.37. The van der Waals surface area contributed by atoms with Gasteiger partial charge in [0.25, 0.3) is 5.91 Å². The summed E-state index contributed by atoms with van der Waals surface area (Å²) in [6.07, 6.45) is 3.70. The number of likely N-dealkylation sites (tertiary alicyclic amines) is 1. The fraction of sp³-hybridized carbons (Fsp3) is 0.516. The van der Waals surface area contributed by atoms with E-state index >= 15 is 0 Å². The number of hydrogen-bond acceptors (Lipinski definition) is 10. The summed E-state index contributed by atoms with van der Waals surface area (Å²) in [6, 6.07) is 5.13. The molecule has 48 heavy (non-hydrogen) atoms. The second-order valence-electron chi connectivity index (χ2n) is 11.6. The van der Waals surface area contributed by atoms with Gasteiger partial charge in [0.2, 0.25) is 5.91 Å². The van der Waals surface area contributed by atoms with E-state index in [0.717, 1.165) is 18.4 Å². The van der Waals surface area contributed by atoms with Gasteiger partial charge in [-0.3, -0.25) is 14.4 Å². The van der Waals surface area contributed by atoms with Gasteiger partial charge in [-0.1, -0.05) is 43.1 Å². The fourth-order valence-corrected chi connectivity index (χ4v) is 5.82. The highest BCUT2D eigenvalue weighted by Crippen LogP contribution is 2.28. The lowest BCUT2D eigenvalue weighted by molar-refractivity contribution is -0.153. The topological polar surface area (TPSA) is 207 Å². The lowest BCUT2D eigenvalue weighted by atomic mass is 9.88. The third-order valence-electron chi connectivity index (χ3n) is 8.04. The number of aliphatic imine (C=N–C) groups is 1. The Bertz CT molecular complexity index is 1540. The number of anilines is 2. The summed E-state index contributed by atoms with van der Waals surface area (Å²) >= 11 is 12.3. The minimum atomic E-state index is -0.714. The number of nitrogens with zero attached hydrogens (tertiary/aromatic N) is 5. The van der Waals surface area contributed by atoms with Gasteiger partial charge < -0.3 is 41.4 Å². The zero-order valence-electron chi connectivity index (χ0n) is 27.0. The number of esters is 1. The second-order valence-corrected chi connectivity index (χ2v) is 12.4. The van der Waals surface area contributed by atoms with E-state index in [1.54, 1.807) is 23.1 Å². The molecule has 0 saturated carbocycles. The molecule has 0 radical (unpaired) electrons. The Morgan fingerprint density at radius 2 is 1.75 bits per heavy atom. The number of nitrogens with two attached hydrogens (primary N) is 2. The molecule has 260 valence electrons. The summed E-state index contributed by atoms with van der Waals surface area (Å²) in [4.78, 5) is 65.3. The van der Waals surface area contributed by atoms with Crippen LogP contribution in [0.5, 0.6) is 5.75 Å². The van der Waals surface area contributed by atoms with Crippen LogP contribution in [0.15, 0.2) is 23.2 Å². The molecule has 0 aliphatic carbocycles. The van der Waals surface area contributed by atoms with E-state index in [9.17, 15) is 19.2 Å². The van der Waals surface area contributed by atoms with E-state index in [0.29, 0.717) is 62.8 Å². The first kappa shape index (κ1) is 36.5. The van der Waals surface area contributed by atoms with Crippen molar-refractivity contribution in [2.45, 2.75) is 57.9 Å². The Morgan fingerprint density at radius 1 is 1.04 bits per heavy atom. The number of piperidine rings is 1. The molecular formula is C31H41Cl2N9O6. The molecule has 2 aliphatic rings. The quantitative estimate of drug-likeness (QED) is 0.221. The van der Waals surface area contributed by atoms with Crippen LogP contribution in [-0.4, -0.2) is 101 Å². The van der Waals surface area contributed by atoms with Crippen molar-refractivity contribution in [3.63, 3.8) is 0 Å². The normalized spacial score (nSPS) is 15.9. The lowest BCUT2D eigenvalue weighted by Crippen LogP contribution is -2.53. The fourth-order valence-electron chi connectivity index (χ4n) is 5.44. The SMILES string of the molecule is CCCN(CCC)C(=O)COC(=O)COc1ccc(CCC(=O)N2CCC3(CC2)CN/C(=N\C(=O)c2nc(Cl)c(N)nc2N)N3)cc1Cl. The maximum Gasteiger partial charge on any atom is 0.344 e. The molecule has 15 nitrogen and oxygen atoms in total. The van der Waals surface area contributed by atoms with Gasteiger partial charge in [-0.15, -0.1) is 0 Å². The number of aryl methyl sites for hydroxylation is 1. The number of ether oxygens (including phenoxy) is 2. The predicted octanol–water partition coefficient (Wildman–Crippen LogP) is 2.20. The molecule has 2 saturated heterocycles. The molecule has 2 aromatic rings. The van der Waals surface area contributed by atoms with Crippen LogP contribution < -0.4 is 26.8 Å². The first-order valence-electron chi connectivity index (χ1n) is 15.8. The number of hydrogen-bond donors (Lipinski definition) is 4. The zero-order valence-corrected chi connectivity index (χ0v) is 28.5. The van der Waals surface area contributed by atoms with Gasteiger partial charge in [0.15, 0.2) is 41.7 Å². The molecule has 2 aliphatic heterocycles. The number of rotatable bonds is 13. The van der Waals surface area contributed by atoms with Crippen molar-refractivity contribution < 1.29 is 28.7 Å². The number of nitrogen functional groups attached to an aromatic ring is 2. The number of amides is 3. The van der Waals surface area contributed by atoms with Crippen molar-refractivity contribution in [2.24, 2.45) is 4.99 Å². The molecule has 1 aromatic heterocycles. The van der Waals surface area contributed by atoms with Crippen LogP contribution in [0.25, 0.3) is 0 Å². The monoisotopic (exact) mass is 705 g/mol. The van der Waals surface area contributed by atoms with Crippen molar-refractivity contribution in [1.29, 1.82) is 0 Å². The number of aromatic nitrogens is 2. The van der Waals surface area contributed by atoms with Gasteiger partial charge in [0, 0.05) is 39.1 Å². The molecule has 0 bridgehead atoms. The largest absolute Gasteiger partial charge is 0.480 e. The maximum atomic E-state index is 13.0. The van der Waals surface area contributed by atoms with Crippen molar-refractivity contribution in [2.75, 3.05) is 57.4 Å². The van der Waals surface area contributed by atoms with Gasteiger partial charge in [-0.05, 0) is 49.8 Å². The summed E-state index contributed by atoms with van der Waals surface area (Å²) in [5.41, 5.74) is 11.6. The van der Waals surface area contributed by atoms with E-state index in [1.807, 2.05) is 18.7 Å². The van der Waals surface area contributed by atoms with Gasteiger partial charge in [-0.25, -0.2) is 14.8 Å². The Balaban J connectivity index is 1.19. The van der Waals surface area contributed by atoms with E-state index in [-0.39, 0.29) is 58.8 Å². The van der Waals surface area contributed by atoms with Crippen molar-refractivity contribution in [3.05, 3.63) is 39.6 Å². The van der Waals surface area contributed by atoms with Crippen LogP contribution in [0.1, 0.15) is 62.0 Å². The molecule has 0 atom stereocenters. The number of benzene rings is 1. The number of carbonyl (C=O) groups excluding carboxylic acids is 4. The summed E-state index contributed by atoms with van der Waals surface area (Å²) < 4.78 is 10.6. The van der Waals surface area contributed by atoms with Gasteiger partial charge >= 0.3 is 11.9 Å². The van der Waals surface area contributed by atoms with Crippen molar-refractivity contribution in [1.82, 2.24) is 30.4 Å². The molecule has 3 amide bonds. The number of nitrogens with one attached hydrogen (secondary N) is 2. The highest BCUT2D eigenvalue weighted by molar-refractivity contribution is 6.32. The van der Waals surface area contributed by atoms with Gasteiger partial charge in [0.05, 0.1) is 10.6 Å². The maximum absolute atomic E-state index is 13.0. The average molecular weight is 707 g/mol. The molecule has 1 spiro atoms. The first-order chi connectivity index (χ1) is 22.9. The van der Waals surface area contributed by atoms with Crippen LogP contribution >= 0.6 is 23.2 Å². The average Bonchev–Trinajstić information content (AvgIpc) is 3.44. The van der Waals surface area contributed by atoms with Crippen molar-refractivity contribution >= 4 is 64.5 Å². The van der Waals surface area contributed by atoms with E-state index in [2.05, 4.69) is 25.6 Å². The number of halogens is 2. The standard InChI is InChI=1S/C31H41Cl2N9O6/c1-3-11-41(12-4-2)23(44)16-48-24(45)17-47-21-7-5-19(15-20(21)32)6-8-22(43)42-13-9-31(10-14-42)18-36-30(40-31)39-29(46)25-27(34)38-28(35)26(33)37-25/h5,7,15H,3-4,6,8-14,16-18H2,1-2H3,(H4,34,35,38)(H2,36,39,40,46). The van der Waals surface area contributed by atoms with Crippen LogP contribution in [0.3, 0.4) is 0 Å². The van der Waals surface area contributed by atoms with Gasteiger partial charge in [0.1, 0.15) is 5.75 Å². The Kier molecular flexibility index (Phi) is 12.6. The van der Waals surface area contributed by atoms with E-state index in [1.165, 1.54) is 0 Å². The second kappa shape index (κ2) is 16.6. The lowest BCUT2D eigenvalue weighted by Gasteiger charge is -2.38. The molecule has 17 heteroatoms. The predicted molar refractivity (Wildman–Crippen MR) is 181 cm³/mol. The highest BCUT2D eigenvalue weighted by Gasteiger charge is 2.40. The Labute approximate surface area is 288 Å². The summed E-state index contributed by atoms with van der Waals surface area (Å²) in [7, 11) is 0. The number of guanidine groups is 1. The summed E-state index contributed by atoms with van der Waals surface area (Å²) in [5, 5.41) is 6.55. The van der Waals surface area contributed by atoms with Crippen LogP contribution in [0.2, 0.25) is 10.2 Å². The number of carbonyl (C=O) groups is 4. The first-order valence-corrected chi connectivity index (χ1v) is 16.5. The molecule has 4 rings (SSSR count). The van der Waals surface area contributed by atoms with Crippen LogP contribution in [0.4, 0.5) is 11.6 Å². The molecule has 1 aromatic carbocycles. The zero-order chi connectivity index (χ0) is 34.8. The third kappa shape index (κ3) is 9.60.